The highest BCUT2D eigenvalue weighted by molar-refractivity contribution is 5.79. The van der Waals surface area contributed by atoms with Crippen LogP contribution < -0.4 is 0 Å². The minimum Gasteiger partial charge on any atom is -0.309 e. The Kier molecular flexibility index (Phi) is 6.84. The Morgan fingerprint density at radius 2 is 1.92 bits per heavy atom. The normalized spacial score (nSPS) is 18.4. The molecule has 3 nitrogen and oxygen atoms in total. The number of amides is 1. The lowest BCUT2D eigenvalue weighted by molar-refractivity contribution is -0.131. The molecule has 138 valence electrons. The molecule has 0 unspecified atom stereocenters. The zero-order valence-corrected chi connectivity index (χ0v) is 15.8. The fourth-order valence-electron chi connectivity index (χ4n) is 3.79. The number of rotatable bonds is 6. The highest BCUT2D eigenvalue weighted by atomic mass is 16.2. The maximum atomic E-state index is 12.6. The maximum absolute atomic E-state index is 12.6. The summed E-state index contributed by atoms with van der Waals surface area (Å²) in [4.78, 5) is 17.2. The van der Waals surface area contributed by atoms with Crippen molar-refractivity contribution in [1.82, 2.24) is 9.80 Å². The minimum atomic E-state index is 0.235. The van der Waals surface area contributed by atoms with Gasteiger partial charge in [0.15, 0.2) is 0 Å². The fraction of sp³-hybridized carbons (Fsp3) is 0.435. The summed E-state index contributed by atoms with van der Waals surface area (Å²) in [5, 5.41) is 0. The molecule has 0 saturated carbocycles. The van der Waals surface area contributed by atoms with Gasteiger partial charge in [-0.2, -0.15) is 0 Å². The zero-order valence-electron chi connectivity index (χ0n) is 15.8. The van der Waals surface area contributed by atoms with E-state index in [0.717, 1.165) is 51.0 Å². The average Bonchev–Trinajstić information content (AvgIpc) is 2.97. The summed E-state index contributed by atoms with van der Waals surface area (Å²) in [6.45, 7) is 5.20. The van der Waals surface area contributed by atoms with Gasteiger partial charge in [-0.3, -0.25) is 4.79 Å². The van der Waals surface area contributed by atoms with Gasteiger partial charge in [-0.05, 0) is 43.4 Å². The van der Waals surface area contributed by atoms with E-state index in [-0.39, 0.29) is 5.91 Å². The molecule has 1 aliphatic carbocycles. The molecule has 26 heavy (non-hydrogen) atoms. The van der Waals surface area contributed by atoms with Crippen LogP contribution in [0.2, 0.25) is 0 Å². The van der Waals surface area contributed by atoms with Crippen LogP contribution in [0.25, 0.3) is 0 Å². The molecule has 1 aromatic rings. The van der Waals surface area contributed by atoms with E-state index in [1.54, 1.807) is 0 Å². The van der Waals surface area contributed by atoms with Gasteiger partial charge in [0.25, 0.3) is 0 Å². The first-order valence-corrected chi connectivity index (χ1v) is 9.89. The number of carbonyl (C=O) groups excluding carboxylic acids is 1. The largest absolute Gasteiger partial charge is 0.309 e. The van der Waals surface area contributed by atoms with Crippen LogP contribution in [0.1, 0.15) is 38.2 Å². The number of piperidine rings is 1. The maximum Gasteiger partial charge on any atom is 0.226 e. The first-order valence-electron chi connectivity index (χ1n) is 9.89. The molecule has 1 saturated heterocycles. The highest BCUT2D eigenvalue weighted by Gasteiger charge is 2.28. The van der Waals surface area contributed by atoms with Gasteiger partial charge in [0, 0.05) is 37.8 Å². The Hall–Kier alpha value is -2.13. The number of likely N-dealkylation sites (tertiary alicyclic amines) is 1. The molecule has 2 aliphatic rings. The van der Waals surface area contributed by atoms with Gasteiger partial charge in [-0.15, -0.1) is 0 Å². The summed E-state index contributed by atoms with van der Waals surface area (Å²) in [6, 6.07) is 11.0. The lowest BCUT2D eigenvalue weighted by Gasteiger charge is -2.39. The Morgan fingerprint density at radius 1 is 1.15 bits per heavy atom. The molecule has 0 aromatic heterocycles. The number of nitrogens with zero attached hydrogens (tertiary/aromatic N) is 2. The van der Waals surface area contributed by atoms with Crippen molar-refractivity contribution >= 4 is 5.91 Å². The smallest absolute Gasteiger partial charge is 0.226 e. The van der Waals surface area contributed by atoms with Gasteiger partial charge >= 0.3 is 0 Å². The van der Waals surface area contributed by atoms with Crippen molar-refractivity contribution in [1.29, 1.82) is 0 Å². The van der Waals surface area contributed by atoms with Crippen LogP contribution in [0.4, 0.5) is 0 Å². The van der Waals surface area contributed by atoms with Crippen LogP contribution in [-0.4, -0.2) is 41.4 Å². The second kappa shape index (κ2) is 9.54. The zero-order chi connectivity index (χ0) is 18.2. The molecule has 0 atom stereocenters. The van der Waals surface area contributed by atoms with E-state index >= 15 is 0 Å². The number of allylic oxidation sites excluding steroid dienone is 5. The SMILES string of the molecule is CCC(=O)N(C1=CC=CCC=C1)C1CCN(CCc2ccccc2)CC1. The molecular formula is C23H30N2O. The van der Waals surface area contributed by atoms with Crippen molar-refractivity contribution in [2.45, 2.75) is 45.1 Å². The van der Waals surface area contributed by atoms with Crippen molar-refractivity contribution in [3.05, 3.63) is 72.0 Å². The lowest BCUT2D eigenvalue weighted by Crippen LogP contribution is -2.47. The molecule has 0 radical (unpaired) electrons. The van der Waals surface area contributed by atoms with Gasteiger partial charge in [0.05, 0.1) is 0 Å². The Balaban J connectivity index is 1.58. The Labute approximate surface area is 157 Å². The van der Waals surface area contributed by atoms with E-state index in [1.807, 2.05) is 6.92 Å². The third-order valence-corrected chi connectivity index (χ3v) is 5.29. The van der Waals surface area contributed by atoms with E-state index in [4.69, 9.17) is 0 Å². The van der Waals surface area contributed by atoms with E-state index in [1.165, 1.54) is 5.56 Å². The average molecular weight is 351 g/mol. The Morgan fingerprint density at radius 3 is 2.65 bits per heavy atom. The highest BCUT2D eigenvalue weighted by Crippen LogP contribution is 2.24. The van der Waals surface area contributed by atoms with E-state index < -0.39 is 0 Å². The van der Waals surface area contributed by atoms with Crippen molar-refractivity contribution in [2.75, 3.05) is 19.6 Å². The first-order chi connectivity index (χ1) is 12.8. The molecule has 1 aromatic carbocycles. The Bertz CT molecular complexity index is 667. The standard InChI is InChI=1S/C23H30N2O/c1-2-23(26)25(21-12-8-3-4-9-13-21)22-15-18-24(19-16-22)17-14-20-10-6-5-7-11-20/h3,5-13,22H,2,4,14-19H2,1H3. The summed E-state index contributed by atoms with van der Waals surface area (Å²) in [7, 11) is 0. The number of benzene rings is 1. The molecule has 3 rings (SSSR count). The van der Waals surface area contributed by atoms with Gasteiger partial charge in [-0.25, -0.2) is 0 Å². The van der Waals surface area contributed by atoms with Crippen LogP contribution in [0, 0.1) is 0 Å². The quantitative estimate of drug-likeness (QED) is 0.762. The third-order valence-electron chi connectivity index (χ3n) is 5.29. The fourth-order valence-corrected chi connectivity index (χ4v) is 3.79. The monoisotopic (exact) mass is 350 g/mol. The number of hydrogen-bond acceptors (Lipinski definition) is 2. The van der Waals surface area contributed by atoms with E-state index in [0.29, 0.717) is 12.5 Å². The van der Waals surface area contributed by atoms with Crippen molar-refractivity contribution in [2.24, 2.45) is 0 Å². The van der Waals surface area contributed by atoms with Crippen molar-refractivity contribution < 1.29 is 4.79 Å². The summed E-state index contributed by atoms with van der Waals surface area (Å²) >= 11 is 0. The van der Waals surface area contributed by atoms with Gasteiger partial charge in [-0.1, -0.05) is 55.5 Å². The summed E-state index contributed by atoms with van der Waals surface area (Å²) in [5.41, 5.74) is 2.45. The van der Waals surface area contributed by atoms with Crippen LogP contribution >= 0.6 is 0 Å². The third kappa shape index (κ3) is 4.95. The van der Waals surface area contributed by atoms with E-state index in [2.05, 4.69) is 70.5 Å². The predicted octanol–water partition coefficient (Wildman–Crippen LogP) is 4.33. The van der Waals surface area contributed by atoms with Crippen molar-refractivity contribution in [3.63, 3.8) is 0 Å². The molecule has 1 fully saturated rings. The topological polar surface area (TPSA) is 23.6 Å². The molecule has 0 N–H and O–H groups in total. The van der Waals surface area contributed by atoms with Gasteiger partial charge in [0.1, 0.15) is 0 Å². The first kappa shape index (κ1) is 18.7. The lowest BCUT2D eigenvalue weighted by atomic mass is 10.0. The molecule has 1 amide bonds. The molecule has 0 spiro atoms. The van der Waals surface area contributed by atoms with Gasteiger partial charge < -0.3 is 9.80 Å². The van der Waals surface area contributed by atoms with Crippen LogP contribution in [0.5, 0.6) is 0 Å². The second-order valence-corrected chi connectivity index (χ2v) is 7.08. The summed E-state index contributed by atoms with van der Waals surface area (Å²) < 4.78 is 0. The molecule has 1 heterocycles. The minimum absolute atomic E-state index is 0.235. The second-order valence-electron chi connectivity index (χ2n) is 7.08. The van der Waals surface area contributed by atoms with E-state index in [9.17, 15) is 4.79 Å². The predicted molar refractivity (Wildman–Crippen MR) is 108 cm³/mol. The molecular weight excluding hydrogens is 320 g/mol. The van der Waals surface area contributed by atoms with Crippen molar-refractivity contribution in [3.8, 4) is 0 Å². The molecule has 0 bridgehead atoms. The van der Waals surface area contributed by atoms with Gasteiger partial charge in [0.2, 0.25) is 5.91 Å². The number of carbonyl (C=O) groups is 1. The van der Waals surface area contributed by atoms with Crippen LogP contribution in [0.15, 0.2) is 66.4 Å². The van der Waals surface area contributed by atoms with Crippen LogP contribution in [0.3, 0.4) is 0 Å². The van der Waals surface area contributed by atoms with Crippen LogP contribution in [-0.2, 0) is 11.2 Å². The summed E-state index contributed by atoms with van der Waals surface area (Å²) in [5.74, 6) is 0.235. The molecule has 3 heteroatoms. The number of hydrogen-bond donors (Lipinski definition) is 0. The summed E-state index contributed by atoms with van der Waals surface area (Å²) in [6.07, 6.45) is 15.2. The molecule has 1 aliphatic heterocycles.